The monoisotopic (exact) mass is 326 g/mol. The standard InChI is InChI=1S/C16H26N2O3S/c1-6-13(4)17-22(20,21)15-9-7-14(8-10-15)16(19)18(5)11-12(2)3/h7-10,12-13,17H,6,11H2,1-5H3. The van der Waals surface area contributed by atoms with Crippen molar-refractivity contribution in [1.82, 2.24) is 9.62 Å². The van der Waals surface area contributed by atoms with E-state index in [1.54, 1.807) is 24.1 Å². The SMILES string of the molecule is CCC(C)NS(=O)(=O)c1ccc(C(=O)N(C)CC(C)C)cc1. The highest BCUT2D eigenvalue weighted by Crippen LogP contribution is 2.13. The van der Waals surface area contributed by atoms with Crippen molar-refractivity contribution in [3.63, 3.8) is 0 Å². The van der Waals surface area contributed by atoms with Gasteiger partial charge in [-0.05, 0) is 43.5 Å². The summed E-state index contributed by atoms with van der Waals surface area (Å²) in [5, 5.41) is 0. The van der Waals surface area contributed by atoms with Crippen molar-refractivity contribution in [2.75, 3.05) is 13.6 Å². The summed E-state index contributed by atoms with van der Waals surface area (Å²) in [5.41, 5.74) is 0.491. The second kappa shape index (κ2) is 7.74. The molecule has 0 spiro atoms. The number of amides is 1. The first kappa shape index (κ1) is 18.6. The Kier molecular flexibility index (Phi) is 6.56. The first-order chi connectivity index (χ1) is 10.2. The maximum absolute atomic E-state index is 12.2. The molecule has 0 saturated carbocycles. The average molecular weight is 326 g/mol. The van der Waals surface area contributed by atoms with Crippen LogP contribution in [0, 0.1) is 5.92 Å². The molecule has 1 aromatic carbocycles. The molecule has 0 fully saturated rings. The van der Waals surface area contributed by atoms with Gasteiger partial charge in [-0.1, -0.05) is 20.8 Å². The van der Waals surface area contributed by atoms with E-state index in [2.05, 4.69) is 4.72 Å². The van der Waals surface area contributed by atoms with Crippen molar-refractivity contribution in [2.24, 2.45) is 5.92 Å². The predicted molar refractivity (Wildman–Crippen MR) is 88.3 cm³/mol. The minimum atomic E-state index is -3.53. The van der Waals surface area contributed by atoms with Crippen LogP contribution in [0.5, 0.6) is 0 Å². The molecule has 0 aliphatic rings. The zero-order chi connectivity index (χ0) is 16.9. The van der Waals surface area contributed by atoms with E-state index < -0.39 is 10.0 Å². The Morgan fingerprint density at radius 1 is 1.18 bits per heavy atom. The van der Waals surface area contributed by atoms with Gasteiger partial charge in [-0.15, -0.1) is 0 Å². The highest BCUT2D eigenvalue weighted by atomic mass is 32.2. The zero-order valence-corrected chi connectivity index (χ0v) is 14.8. The van der Waals surface area contributed by atoms with Gasteiger partial charge in [0, 0.05) is 25.2 Å². The lowest BCUT2D eigenvalue weighted by Gasteiger charge is -2.19. The van der Waals surface area contributed by atoms with E-state index >= 15 is 0 Å². The Morgan fingerprint density at radius 2 is 1.73 bits per heavy atom. The Labute approximate surface area is 133 Å². The van der Waals surface area contributed by atoms with Gasteiger partial charge < -0.3 is 4.90 Å². The molecule has 0 saturated heterocycles. The predicted octanol–water partition coefficient (Wildman–Crippen LogP) is 2.49. The van der Waals surface area contributed by atoms with Gasteiger partial charge >= 0.3 is 0 Å². The van der Waals surface area contributed by atoms with Crippen LogP contribution in [0.1, 0.15) is 44.5 Å². The molecule has 6 heteroatoms. The van der Waals surface area contributed by atoms with Gasteiger partial charge in [0.1, 0.15) is 0 Å². The summed E-state index contributed by atoms with van der Waals surface area (Å²) in [6, 6.07) is 5.94. The Balaban J connectivity index is 2.89. The second-order valence-electron chi connectivity index (χ2n) is 6.03. The number of benzene rings is 1. The molecule has 1 aromatic rings. The molecule has 1 N–H and O–H groups in total. The van der Waals surface area contributed by atoms with E-state index in [1.807, 2.05) is 27.7 Å². The molecule has 124 valence electrons. The summed E-state index contributed by atoms with van der Waals surface area (Å²) in [6.07, 6.45) is 0.718. The first-order valence-corrected chi connectivity index (χ1v) is 9.03. The third-order valence-corrected chi connectivity index (χ3v) is 4.97. The lowest BCUT2D eigenvalue weighted by Crippen LogP contribution is -2.32. The number of nitrogens with one attached hydrogen (secondary N) is 1. The van der Waals surface area contributed by atoms with Crippen LogP contribution in [0.2, 0.25) is 0 Å². The molecule has 5 nitrogen and oxygen atoms in total. The molecule has 1 amide bonds. The van der Waals surface area contributed by atoms with Crippen LogP contribution >= 0.6 is 0 Å². The second-order valence-corrected chi connectivity index (χ2v) is 7.75. The minimum Gasteiger partial charge on any atom is -0.341 e. The maximum atomic E-state index is 12.2. The van der Waals surface area contributed by atoms with Crippen LogP contribution in [-0.4, -0.2) is 38.9 Å². The lowest BCUT2D eigenvalue weighted by atomic mass is 10.1. The summed E-state index contributed by atoms with van der Waals surface area (Å²) in [5.74, 6) is 0.279. The van der Waals surface area contributed by atoms with E-state index in [9.17, 15) is 13.2 Å². The zero-order valence-electron chi connectivity index (χ0n) is 14.0. The average Bonchev–Trinajstić information content (AvgIpc) is 2.45. The number of sulfonamides is 1. The maximum Gasteiger partial charge on any atom is 0.253 e. The normalized spacial score (nSPS) is 13.2. The molecular weight excluding hydrogens is 300 g/mol. The lowest BCUT2D eigenvalue weighted by molar-refractivity contribution is 0.0779. The number of carbonyl (C=O) groups is 1. The van der Waals surface area contributed by atoms with Gasteiger partial charge in [0.05, 0.1) is 4.90 Å². The smallest absolute Gasteiger partial charge is 0.253 e. The van der Waals surface area contributed by atoms with Crippen molar-refractivity contribution in [3.05, 3.63) is 29.8 Å². The summed E-state index contributed by atoms with van der Waals surface area (Å²) in [6.45, 7) is 8.48. The van der Waals surface area contributed by atoms with Crippen molar-refractivity contribution >= 4 is 15.9 Å². The third-order valence-electron chi connectivity index (χ3n) is 3.37. The Bertz CT molecular complexity index is 594. The number of hydrogen-bond donors (Lipinski definition) is 1. The molecule has 22 heavy (non-hydrogen) atoms. The van der Waals surface area contributed by atoms with Crippen LogP contribution in [0.3, 0.4) is 0 Å². The fourth-order valence-corrected chi connectivity index (χ4v) is 3.37. The van der Waals surface area contributed by atoms with E-state index in [-0.39, 0.29) is 16.8 Å². The fourth-order valence-electron chi connectivity index (χ4n) is 2.04. The van der Waals surface area contributed by atoms with Crippen LogP contribution in [-0.2, 0) is 10.0 Å². The summed E-state index contributed by atoms with van der Waals surface area (Å²) >= 11 is 0. The van der Waals surface area contributed by atoms with Gasteiger partial charge in [0.2, 0.25) is 10.0 Å². The molecule has 1 atom stereocenters. The fraction of sp³-hybridized carbons (Fsp3) is 0.562. The molecule has 0 aliphatic heterocycles. The van der Waals surface area contributed by atoms with E-state index in [1.165, 1.54) is 12.1 Å². The minimum absolute atomic E-state index is 0.104. The third kappa shape index (κ3) is 5.10. The highest BCUT2D eigenvalue weighted by Gasteiger charge is 2.18. The summed E-state index contributed by atoms with van der Waals surface area (Å²) in [7, 11) is -1.78. The Hall–Kier alpha value is -1.40. The summed E-state index contributed by atoms with van der Waals surface area (Å²) < 4.78 is 26.9. The van der Waals surface area contributed by atoms with Crippen molar-refractivity contribution in [1.29, 1.82) is 0 Å². The molecule has 1 unspecified atom stereocenters. The van der Waals surface area contributed by atoms with E-state index in [4.69, 9.17) is 0 Å². The number of hydrogen-bond acceptors (Lipinski definition) is 3. The van der Waals surface area contributed by atoms with Crippen molar-refractivity contribution < 1.29 is 13.2 Å². The first-order valence-electron chi connectivity index (χ1n) is 7.55. The number of carbonyl (C=O) groups excluding carboxylic acids is 1. The molecule has 1 rings (SSSR count). The van der Waals surface area contributed by atoms with Gasteiger partial charge in [0.25, 0.3) is 5.91 Å². The van der Waals surface area contributed by atoms with Crippen LogP contribution in [0.4, 0.5) is 0 Å². The molecule has 0 bridgehead atoms. The van der Waals surface area contributed by atoms with E-state index in [0.717, 1.165) is 6.42 Å². The summed E-state index contributed by atoms with van der Waals surface area (Å²) in [4.78, 5) is 14.0. The van der Waals surface area contributed by atoms with Gasteiger partial charge in [0.15, 0.2) is 0 Å². The number of rotatable bonds is 7. The number of nitrogens with zero attached hydrogens (tertiary/aromatic N) is 1. The Morgan fingerprint density at radius 3 is 2.18 bits per heavy atom. The topological polar surface area (TPSA) is 66.5 Å². The highest BCUT2D eigenvalue weighted by molar-refractivity contribution is 7.89. The molecule has 0 radical (unpaired) electrons. The molecular formula is C16H26N2O3S. The molecule has 0 aliphatic carbocycles. The van der Waals surface area contributed by atoms with Crippen LogP contribution < -0.4 is 4.72 Å². The van der Waals surface area contributed by atoms with Crippen LogP contribution in [0.15, 0.2) is 29.2 Å². The molecule has 0 aromatic heterocycles. The van der Waals surface area contributed by atoms with E-state index in [0.29, 0.717) is 18.0 Å². The van der Waals surface area contributed by atoms with Crippen molar-refractivity contribution in [3.8, 4) is 0 Å². The quantitative estimate of drug-likeness (QED) is 0.837. The molecule has 0 heterocycles. The van der Waals surface area contributed by atoms with Gasteiger partial charge in [-0.25, -0.2) is 13.1 Å². The largest absolute Gasteiger partial charge is 0.341 e. The van der Waals surface area contributed by atoms with Crippen molar-refractivity contribution in [2.45, 2.75) is 45.1 Å². The van der Waals surface area contributed by atoms with Gasteiger partial charge in [-0.2, -0.15) is 0 Å². The van der Waals surface area contributed by atoms with Gasteiger partial charge in [-0.3, -0.25) is 4.79 Å². The van der Waals surface area contributed by atoms with Crippen LogP contribution in [0.25, 0.3) is 0 Å².